The average molecular weight is 379 g/mol. The number of rotatable bonds is 6. The van der Waals surface area contributed by atoms with Crippen LogP contribution in [0.5, 0.6) is 5.75 Å². The summed E-state index contributed by atoms with van der Waals surface area (Å²) >= 11 is 1.30. The predicted octanol–water partition coefficient (Wildman–Crippen LogP) is 3.61. The normalized spacial score (nSPS) is 11.5. The average Bonchev–Trinajstić information content (AvgIpc) is 3.15. The van der Waals surface area contributed by atoms with Crippen molar-refractivity contribution in [3.8, 4) is 16.5 Å². The monoisotopic (exact) mass is 379 g/mol. The number of hydrogen-bond acceptors (Lipinski definition) is 7. The maximum Gasteiger partial charge on any atom is 0.263 e. The van der Waals surface area contributed by atoms with Gasteiger partial charge in [-0.2, -0.15) is 4.98 Å². The first-order valence-corrected chi connectivity index (χ1v) is 9.86. The summed E-state index contributed by atoms with van der Waals surface area (Å²) in [6.07, 6.45) is 0. The van der Waals surface area contributed by atoms with E-state index in [9.17, 15) is 8.42 Å². The first-order valence-electron chi connectivity index (χ1n) is 7.56. The van der Waals surface area contributed by atoms with Gasteiger partial charge in [0.1, 0.15) is 10.6 Å². The van der Waals surface area contributed by atoms with E-state index in [-0.39, 0.29) is 4.90 Å². The van der Waals surface area contributed by atoms with Crippen LogP contribution in [0.25, 0.3) is 10.7 Å². The summed E-state index contributed by atoms with van der Waals surface area (Å²) in [6.45, 7) is 5.87. The van der Waals surface area contributed by atoms with E-state index >= 15 is 0 Å². The van der Waals surface area contributed by atoms with Gasteiger partial charge in [-0.05, 0) is 44.2 Å². The maximum atomic E-state index is 12.7. The molecule has 0 aliphatic heterocycles. The summed E-state index contributed by atoms with van der Waals surface area (Å²) in [6, 6.07) is 8.31. The number of anilines is 1. The minimum absolute atomic E-state index is 0.198. The molecule has 0 aliphatic carbocycles. The molecule has 3 rings (SSSR count). The summed E-state index contributed by atoms with van der Waals surface area (Å²) in [5.74, 6) is 1.50. The number of aryl methyl sites for hydroxylation is 2. The molecule has 0 saturated carbocycles. The quantitative estimate of drug-likeness (QED) is 0.703. The molecule has 1 N–H and O–H groups in total. The van der Waals surface area contributed by atoms with E-state index in [1.165, 1.54) is 11.3 Å². The first-order chi connectivity index (χ1) is 11.9. The molecule has 0 saturated heterocycles. The fourth-order valence-corrected chi connectivity index (χ4v) is 4.81. The van der Waals surface area contributed by atoms with Crippen LogP contribution in [0.15, 0.2) is 39.8 Å². The summed E-state index contributed by atoms with van der Waals surface area (Å²) < 4.78 is 38.2. The topological polar surface area (TPSA) is 94.3 Å². The third kappa shape index (κ3) is 3.83. The molecule has 7 nitrogen and oxygen atoms in total. The van der Waals surface area contributed by atoms with Crippen molar-refractivity contribution >= 4 is 27.0 Å². The van der Waals surface area contributed by atoms with Crippen molar-refractivity contribution in [1.29, 1.82) is 0 Å². The number of thiophene rings is 1. The maximum absolute atomic E-state index is 12.7. The number of nitrogens with one attached hydrogen (secondary N) is 1. The zero-order chi connectivity index (χ0) is 18.0. The lowest BCUT2D eigenvalue weighted by Gasteiger charge is -2.08. The van der Waals surface area contributed by atoms with Gasteiger partial charge in [0.25, 0.3) is 10.0 Å². The standard InChI is InChI=1S/C16H17N3O4S2/c1-4-22-13-7-5-12(6-8-13)19-25(20,21)15-9-14(24-10(15)2)16-17-11(3)23-18-16/h5-9,19H,4H2,1-3H3. The lowest BCUT2D eigenvalue weighted by molar-refractivity contribution is 0.340. The van der Waals surface area contributed by atoms with Crippen molar-refractivity contribution < 1.29 is 17.7 Å². The SMILES string of the molecule is CCOc1ccc(NS(=O)(=O)c2cc(-c3noc(C)n3)sc2C)cc1. The highest BCUT2D eigenvalue weighted by molar-refractivity contribution is 7.93. The van der Waals surface area contributed by atoms with Gasteiger partial charge in [0.15, 0.2) is 0 Å². The van der Waals surface area contributed by atoms with Gasteiger partial charge in [0, 0.05) is 17.5 Å². The highest BCUT2D eigenvalue weighted by atomic mass is 32.2. The summed E-state index contributed by atoms with van der Waals surface area (Å²) in [5.41, 5.74) is 0.464. The number of aromatic nitrogens is 2. The van der Waals surface area contributed by atoms with Crippen LogP contribution in [0.3, 0.4) is 0 Å². The van der Waals surface area contributed by atoms with Crippen LogP contribution in [-0.4, -0.2) is 25.2 Å². The minimum atomic E-state index is -3.72. The van der Waals surface area contributed by atoms with Gasteiger partial charge in [0.2, 0.25) is 11.7 Å². The molecule has 1 aromatic carbocycles. The van der Waals surface area contributed by atoms with Crippen molar-refractivity contribution in [2.75, 3.05) is 11.3 Å². The number of hydrogen-bond donors (Lipinski definition) is 1. The smallest absolute Gasteiger partial charge is 0.263 e. The molecule has 0 bridgehead atoms. The summed E-state index contributed by atoms with van der Waals surface area (Å²) in [7, 11) is -3.72. The van der Waals surface area contributed by atoms with Crippen molar-refractivity contribution in [1.82, 2.24) is 10.1 Å². The van der Waals surface area contributed by atoms with E-state index in [1.54, 1.807) is 44.2 Å². The van der Waals surface area contributed by atoms with Crippen molar-refractivity contribution in [3.63, 3.8) is 0 Å². The Balaban J connectivity index is 1.86. The van der Waals surface area contributed by atoms with E-state index in [0.717, 1.165) is 0 Å². The fourth-order valence-electron chi connectivity index (χ4n) is 2.24. The van der Waals surface area contributed by atoms with Crippen LogP contribution < -0.4 is 9.46 Å². The van der Waals surface area contributed by atoms with E-state index in [2.05, 4.69) is 14.9 Å². The molecular formula is C16H17N3O4S2. The Bertz CT molecular complexity index is 975. The molecule has 0 aliphatic rings. The Labute approximate surface area is 149 Å². The number of benzene rings is 1. The summed E-state index contributed by atoms with van der Waals surface area (Å²) in [5, 5.41) is 3.83. The molecule has 3 aromatic rings. The van der Waals surface area contributed by atoms with E-state index in [4.69, 9.17) is 9.26 Å². The Morgan fingerprint density at radius 3 is 2.56 bits per heavy atom. The predicted molar refractivity (Wildman–Crippen MR) is 95.5 cm³/mol. The molecule has 132 valence electrons. The molecule has 2 heterocycles. The van der Waals surface area contributed by atoms with Crippen LogP contribution in [0.1, 0.15) is 17.7 Å². The third-order valence-corrected chi connectivity index (χ3v) is 6.01. The molecule has 0 spiro atoms. The van der Waals surface area contributed by atoms with Crippen LogP contribution in [0.4, 0.5) is 5.69 Å². The Morgan fingerprint density at radius 1 is 1.24 bits per heavy atom. The van der Waals surface area contributed by atoms with Crippen LogP contribution in [0, 0.1) is 13.8 Å². The minimum Gasteiger partial charge on any atom is -0.494 e. The highest BCUT2D eigenvalue weighted by Crippen LogP contribution is 2.33. The van der Waals surface area contributed by atoms with Gasteiger partial charge in [0.05, 0.1) is 11.5 Å². The molecule has 2 aromatic heterocycles. The van der Waals surface area contributed by atoms with Crippen LogP contribution in [-0.2, 0) is 10.0 Å². The third-order valence-electron chi connectivity index (χ3n) is 3.33. The second kappa shape index (κ2) is 6.85. The number of sulfonamides is 1. The Morgan fingerprint density at radius 2 is 1.96 bits per heavy atom. The first kappa shape index (κ1) is 17.4. The number of nitrogens with zero attached hydrogens (tertiary/aromatic N) is 2. The Hall–Kier alpha value is -2.39. The second-order valence-corrected chi connectivity index (χ2v) is 8.14. The molecule has 0 atom stereocenters. The largest absolute Gasteiger partial charge is 0.494 e. The zero-order valence-electron chi connectivity index (χ0n) is 13.9. The van der Waals surface area contributed by atoms with Gasteiger partial charge >= 0.3 is 0 Å². The molecule has 0 radical (unpaired) electrons. The molecular weight excluding hydrogens is 362 g/mol. The van der Waals surface area contributed by atoms with Gasteiger partial charge in [-0.25, -0.2) is 8.42 Å². The molecule has 0 unspecified atom stereocenters. The van der Waals surface area contributed by atoms with Crippen LogP contribution in [0.2, 0.25) is 0 Å². The van der Waals surface area contributed by atoms with Gasteiger partial charge in [-0.15, -0.1) is 11.3 Å². The highest BCUT2D eigenvalue weighted by Gasteiger charge is 2.22. The van der Waals surface area contributed by atoms with Gasteiger partial charge < -0.3 is 9.26 Å². The van der Waals surface area contributed by atoms with E-state index in [1.807, 2.05) is 6.92 Å². The van der Waals surface area contributed by atoms with E-state index < -0.39 is 10.0 Å². The van der Waals surface area contributed by atoms with Crippen molar-refractivity contribution in [2.45, 2.75) is 25.7 Å². The molecule has 0 amide bonds. The Kier molecular flexibility index (Phi) is 4.78. The lowest BCUT2D eigenvalue weighted by Crippen LogP contribution is -2.13. The molecule has 25 heavy (non-hydrogen) atoms. The van der Waals surface area contributed by atoms with Gasteiger partial charge in [-0.3, -0.25) is 4.72 Å². The second-order valence-electron chi connectivity index (χ2n) is 5.23. The fraction of sp³-hybridized carbons (Fsp3) is 0.250. The molecule has 0 fully saturated rings. The molecule has 9 heteroatoms. The number of ether oxygens (including phenoxy) is 1. The van der Waals surface area contributed by atoms with Gasteiger partial charge in [-0.1, -0.05) is 5.16 Å². The van der Waals surface area contributed by atoms with E-state index in [0.29, 0.717) is 39.5 Å². The summed E-state index contributed by atoms with van der Waals surface area (Å²) in [4.78, 5) is 5.62. The lowest BCUT2D eigenvalue weighted by atomic mass is 10.3. The van der Waals surface area contributed by atoms with Crippen LogP contribution >= 0.6 is 11.3 Å². The zero-order valence-corrected chi connectivity index (χ0v) is 15.6. The van der Waals surface area contributed by atoms with Crippen molar-refractivity contribution in [3.05, 3.63) is 41.1 Å². The van der Waals surface area contributed by atoms with Crippen molar-refractivity contribution in [2.24, 2.45) is 0 Å².